The van der Waals surface area contributed by atoms with E-state index in [1.54, 1.807) is 18.2 Å². The smallest absolute Gasteiger partial charge is 0.335 e. The third kappa shape index (κ3) is 3.86. The summed E-state index contributed by atoms with van der Waals surface area (Å²) in [5, 5.41) is 9.99. The molecule has 0 saturated heterocycles. The van der Waals surface area contributed by atoms with Crippen LogP contribution in [0.3, 0.4) is 0 Å². The van der Waals surface area contributed by atoms with Gasteiger partial charge in [-0.05, 0) is 107 Å². The number of fused-ring (bicyclic) bond motifs is 3. The molecule has 4 aromatic rings. The number of nitrogens with two attached hydrogens (primary N) is 2. The number of hydrogen-bond acceptors (Lipinski definition) is 5. The van der Waals surface area contributed by atoms with Crippen LogP contribution in [0.25, 0.3) is 11.1 Å². The Morgan fingerprint density at radius 1 is 0.821 bits per heavy atom. The highest BCUT2D eigenvalue weighted by Crippen LogP contribution is 2.58. The summed E-state index contributed by atoms with van der Waals surface area (Å²) in [6, 6.07) is 19.3. The van der Waals surface area contributed by atoms with E-state index in [0.29, 0.717) is 12.2 Å². The van der Waals surface area contributed by atoms with Gasteiger partial charge in [0.05, 0.1) is 11.0 Å². The molecule has 4 aromatic carbocycles. The maximum atomic E-state index is 12.2. The zero-order valence-electron chi connectivity index (χ0n) is 22.6. The van der Waals surface area contributed by atoms with E-state index in [1.165, 1.54) is 0 Å². The number of nitrogen functional groups attached to an aromatic ring is 2. The fraction of sp³-hybridized carbons (Fsp3) is 0.212. The molecule has 0 saturated carbocycles. The molecule has 39 heavy (non-hydrogen) atoms. The molecule has 0 fully saturated rings. The van der Waals surface area contributed by atoms with Crippen molar-refractivity contribution in [2.75, 3.05) is 11.5 Å². The Kier molecular flexibility index (Phi) is 6.43. The number of aryl methyl sites for hydroxylation is 4. The predicted molar refractivity (Wildman–Crippen MR) is 154 cm³/mol. The first-order chi connectivity index (χ1) is 18.7. The Labute approximate surface area is 228 Å². The van der Waals surface area contributed by atoms with E-state index in [9.17, 15) is 14.7 Å². The first-order valence-electron chi connectivity index (χ1n) is 13.1. The Bertz CT molecular complexity index is 1600. The van der Waals surface area contributed by atoms with Crippen LogP contribution < -0.4 is 16.2 Å². The molecule has 6 nitrogen and oxygen atoms in total. The van der Waals surface area contributed by atoms with Crippen LogP contribution in [0.15, 0.2) is 60.7 Å². The zero-order chi connectivity index (χ0) is 28.1. The quantitative estimate of drug-likeness (QED) is 0.174. The van der Waals surface area contributed by atoms with Gasteiger partial charge in [0.25, 0.3) is 6.47 Å². The summed E-state index contributed by atoms with van der Waals surface area (Å²) in [6.07, 6.45) is 1.47. The van der Waals surface area contributed by atoms with E-state index in [2.05, 4.69) is 38.1 Å². The molecular weight excluding hydrogens is 488 g/mol. The molecule has 5 rings (SSSR count). The molecule has 0 radical (unpaired) electrons. The van der Waals surface area contributed by atoms with Crippen LogP contribution in [-0.2, 0) is 23.1 Å². The second-order valence-electron chi connectivity index (χ2n) is 10.2. The number of ether oxygens (including phenoxy) is 1. The SMILES string of the molecule is CCc1cc(C2(c3cc(C)c(N)c(CC)c3)c3cc(OC=O)ccc3-c3ccc(C(=O)O)cc32)cc(C)c1N. The maximum Gasteiger partial charge on any atom is 0.335 e. The minimum Gasteiger partial charge on any atom is -0.478 e. The summed E-state index contributed by atoms with van der Waals surface area (Å²) in [6.45, 7) is 8.54. The van der Waals surface area contributed by atoms with Gasteiger partial charge in [0.15, 0.2) is 0 Å². The molecule has 0 spiro atoms. The molecule has 0 aromatic heterocycles. The van der Waals surface area contributed by atoms with E-state index in [1.807, 2.05) is 32.0 Å². The van der Waals surface area contributed by atoms with Gasteiger partial charge in [-0.25, -0.2) is 4.79 Å². The lowest BCUT2D eigenvalue weighted by Gasteiger charge is -2.36. The Morgan fingerprint density at radius 3 is 1.82 bits per heavy atom. The van der Waals surface area contributed by atoms with E-state index >= 15 is 0 Å². The molecule has 1 aliphatic rings. The maximum absolute atomic E-state index is 12.2. The molecule has 0 bridgehead atoms. The summed E-state index contributed by atoms with van der Waals surface area (Å²) in [7, 11) is 0. The minimum atomic E-state index is -1.00. The van der Waals surface area contributed by atoms with Crippen LogP contribution in [0.2, 0.25) is 0 Å². The van der Waals surface area contributed by atoms with E-state index in [4.69, 9.17) is 16.2 Å². The molecule has 198 valence electrons. The first kappa shape index (κ1) is 26.0. The largest absolute Gasteiger partial charge is 0.478 e. The van der Waals surface area contributed by atoms with Crippen molar-refractivity contribution < 1.29 is 19.4 Å². The van der Waals surface area contributed by atoms with Crippen LogP contribution in [0, 0.1) is 13.8 Å². The summed E-state index contributed by atoms with van der Waals surface area (Å²) >= 11 is 0. The number of carboxylic acids is 1. The van der Waals surface area contributed by atoms with Crippen molar-refractivity contribution in [2.45, 2.75) is 46.0 Å². The molecule has 0 atom stereocenters. The highest BCUT2D eigenvalue weighted by Gasteiger charge is 2.47. The highest BCUT2D eigenvalue weighted by molar-refractivity contribution is 5.93. The van der Waals surface area contributed by atoms with Gasteiger partial charge in [-0.3, -0.25) is 4.79 Å². The summed E-state index contributed by atoms with van der Waals surface area (Å²) < 4.78 is 5.32. The minimum absolute atomic E-state index is 0.195. The molecule has 0 amide bonds. The van der Waals surface area contributed by atoms with E-state index in [0.717, 1.165) is 79.9 Å². The molecular formula is C33H32N2O4. The topological polar surface area (TPSA) is 116 Å². The number of carboxylic acid groups (broad SMARTS) is 1. The lowest BCUT2D eigenvalue weighted by Crippen LogP contribution is -2.30. The molecule has 1 aliphatic carbocycles. The first-order valence-corrected chi connectivity index (χ1v) is 13.1. The van der Waals surface area contributed by atoms with Gasteiger partial charge in [0.1, 0.15) is 5.75 Å². The van der Waals surface area contributed by atoms with Crippen molar-refractivity contribution >= 4 is 23.8 Å². The van der Waals surface area contributed by atoms with Crippen LogP contribution >= 0.6 is 0 Å². The van der Waals surface area contributed by atoms with Gasteiger partial charge in [-0.1, -0.05) is 50.2 Å². The van der Waals surface area contributed by atoms with Crippen molar-refractivity contribution in [3.8, 4) is 16.9 Å². The number of benzene rings is 4. The highest BCUT2D eigenvalue weighted by atomic mass is 16.5. The van der Waals surface area contributed by atoms with E-state index in [-0.39, 0.29) is 5.56 Å². The Morgan fingerprint density at radius 2 is 1.33 bits per heavy atom. The number of aromatic carboxylic acids is 1. The lowest BCUT2D eigenvalue weighted by atomic mass is 9.66. The Balaban J connectivity index is 2.03. The average molecular weight is 521 g/mol. The third-order valence-electron chi connectivity index (χ3n) is 8.11. The van der Waals surface area contributed by atoms with Crippen molar-refractivity contribution in [2.24, 2.45) is 0 Å². The summed E-state index contributed by atoms with van der Waals surface area (Å²) in [5.41, 5.74) is 23.2. The second kappa shape index (κ2) is 9.62. The zero-order valence-corrected chi connectivity index (χ0v) is 22.6. The van der Waals surface area contributed by atoms with Gasteiger partial charge < -0.3 is 21.3 Å². The van der Waals surface area contributed by atoms with Crippen molar-refractivity contribution in [1.82, 2.24) is 0 Å². The van der Waals surface area contributed by atoms with Crippen molar-refractivity contribution in [1.29, 1.82) is 0 Å². The number of hydrogen-bond donors (Lipinski definition) is 3. The number of carbonyl (C=O) groups is 2. The predicted octanol–water partition coefficient (Wildman–Crippen LogP) is 6.19. The standard InChI is InChI=1S/C33H32N2O4/c1-5-20-13-23(11-18(3)30(20)34)33(24-12-19(4)31(35)21(6-2)14-24)28-15-22(32(37)38)7-9-26(28)27-10-8-25(39-17-36)16-29(27)33/h7-17H,5-6,34-35H2,1-4H3,(H,37,38). The summed E-state index contributed by atoms with van der Waals surface area (Å²) in [4.78, 5) is 23.5. The van der Waals surface area contributed by atoms with Gasteiger partial charge in [0, 0.05) is 11.4 Å². The fourth-order valence-corrected chi connectivity index (χ4v) is 6.11. The van der Waals surface area contributed by atoms with Gasteiger partial charge in [0.2, 0.25) is 0 Å². The number of anilines is 2. The van der Waals surface area contributed by atoms with Crippen LogP contribution in [0.5, 0.6) is 5.75 Å². The molecule has 0 aliphatic heterocycles. The number of rotatable bonds is 7. The van der Waals surface area contributed by atoms with Gasteiger partial charge in [-0.15, -0.1) is 0 Å². The molecule has 6 heteroatoms. The van der Waals surface area contributed by atoms with Gasteiger partial charge in [-0.2, -0.15) is 0 Å². The lowest BCUT2D eigenvalue weighted by molar-refractivity contribution is -0.120. The fourth-order valence-electron chi connectivity index (χ4n) is 6.11. The molecule has 5 N–H and O–H groups in total. The van der Waals surface area contributed by atoms with Crippen LogP contribution in [0.4, 0.5) is 11.4 Å². The third-order valence-corrected chi connectivity index (χ3v) is 8.11. The molecule has 0 heterocycles. The van der Waals surface area contributed by atoms with Crippen molar-refractivity contribution in [3.05, 3.63) is 111 Å². The molecule has 0 unspecified atom stereocenters. The van der Waals surface area contributed by atoms with Crippen LogP contribution in [0.1, 0.15) is 68.7 Å². The normalized spacial score (nSPS) is 13.0. The van der Waals surface area contributed by atoms with Crippen molar-refractivity contribution in [3.63, 3.8) is 0 Å². The van der Waals surface area contributed by atoms with E-state index < -0.39 is 11.4 Å². The Hall–Kier alpha value is -4.58. The second-order valence-corrected chi connectivity index (χ2v) is 10.2. The monoisotopic (exact) mass is 520 g/mol. The van der Waals surface area contributed by atoms with Crippen LogP contribution in [-0.4, -0.2) is 17.5 Å². The average Bonchev–Trinajstić information content (AvgIpc) is 3.21. The summed E-state index contributed by atoms with van der Waals surface area (Å²) in [5.74, 6) is -0.594. The number of carbonyl (C=O) groups excluding carboxylic acids is 1. The van der Waals surface area contributed by atoms with Gasteiger partial charge >= 0.3 is 5.97 Å².